The van der Waals surface area contributed by atoms with E-state index in [1.54, 1.807) is 6.92 Å². The number of nitrogens with two attached hydrogens (primary N) is 2. The van der Waals surface area contributed by atoms with Gasteiger partial charge < -0.3 is 21.5 Å². The lowest BCUT2D eigenvalue weighted by Crippen LogP contribution is -2.56. The van der Waals surface area contributed by atoms with Crippen molar-refractivity contribution in [2.45, 2.75) is 77.8 Å². The Morgan fingerprint density at radius 1 is 1.00 bits per heavy atom. The summed E-state index contributed by atoms with van der Waals surface area (Å²) in [4.78, 5) is 36.9. The monoisotopic (exact) mass is 387 g/mol. The van der Waals surface area contributed by atoms with Crippen molar-refractivity contribution in [1.29, 1.82) is 0 Å². The number of rotatable bonds is 13. The number of hydrazine groups is 1. The Bertz CT molecular complexity index is 447. The van der Waals surface area contributed by atoms with Gasteiger partial charge in [-0.2, -0.15) is 0 Å². The Morgan fingerprint density at radius 3 is 2.26 bits per heavy atom. The van der Waals surface area contributed by atoms with Gasteiger partial charge in [-0.1, -0.05) is 33.1 Å². The van der Waals surface area contributed by atoms with Crippen molar-refractivity contribution in [2.24, 2.45) is 11.5 Å². The normalized spacial score (nSPS) is 12.8. The molecule has 0 aromatic heterocycles. The highest BCUT2D eigenvalue weighted by Crippen LogP contribution is 2.03. The number of amides is 3. The second-order valence-electron chi connectivity index (χ2n) is 6.42. The molecule has 0 saturated heterocycles. The molecule has 6 N–H and O–H groups in total. The van der Waals surface area contributed by atoms with Crippen molar-refractivity contribution < 1.29 is 19.1 Å². The summed E-state index contributed by atoms with van der Waals surface area (Å²) in [6, 6.07) is -1.45. The maximum Gasteiger partial charge on any atom is 0.428 e. The van der Waals surface area contributed by atoms with Gasteiger partial charge in [-0.25, -0.2) is 9.80 Å². The zero-order chi connectivity index (χ0) is 20.7. The van der Waals surface area contributed by atoms with E-state index in [1.165, 1.54) is 0 Å². The Balaban J connectivity index is 4.85. The van der Waals surface area contributed by atoms with Gasteiger partial charge in [-0.3, -0.25) is 15.0 Å². The fraction of sp³-hybridized carbons (Fsp3) is 0.833. The predicted molar refractivity (Wildman–Crippen MR) is 104 cm³/mol. The van der Waals surface area contributed by atoms with Gasteiger partial charge in [0.1, 0.15) is 6.04 Å². The molecule has 0 aromatic carbocycles. The van der Waals surface area contributed by atoms with Crippen LogP contribution in [0.3, 0.4) is 0 Å². The molecule has 0 fully saturated rings. The number of ether oxygens (including phenoxy) is 1. The van der Waals surface area contributed by atoms with Gasteiger partial charge in [0, 0.05) is 6.54 Å². The van der Waals surface area contributed by atoms with Gasteiger partial charge in [0.2, 0.25) is 5.91 Å². The average molecular weight is 388 g/mol. The summed E-state index contributed by atoms with van der Waals surface area (Å²) in [5.41, 5.74) is 13.9. The summed E-state index contributed by atoms with van der Waals surface area (Å²) in [5.74, 6) is -0.833. The van der Waals surface area contributed by atoms with E-state index in [2.05, 4.69) is 10.7 Å². The van der Waals surface area contributed by atoms with Gasteiger partial charge in [-0.15, -0.1) is 0 Å². The van der Waals surface area contributed by atoms with Crippen LogP contribution in [-0.4, -0.2) is 54.7 Å². The molecule has 0 spiro atoms. The molecular weight excluding hydrogens is 350 g/mol. The molecule has 0 heterocycles. The maximum atomic E-state index is 12.6. The minimum absolute atomic E-state index is 0.212. The van der Waals surface area contributed by atoms with Crippen molar-refractivity contribution in [1.82, 2.24) is 15.8 Å². The largest absolute Gasteiger partial charge is 0.448 e. The second kappa shape index (κ2) is 15.2. The van der Waals surface area contributed by atoms with Crippen LogP contribution in [0.25, 0.3) is 0 Å². The van der Waals surface area contributed by atoms with Crippen LogP contribution in [0.15, 0.2) is 0 Å². The van der Waals surface area contributed by atoms with Crippen molar-refractivity contribution in [3.05, 3.63) is 0 Å². The van der Waals surface area contributed by atoms with Gasteiger partial charge in [0.25, 0.3) is 5.91 Å². The Hall–Kier alpha value is -1.87. The topological polar surface area (TPSA) is 140 Å². The van der Waals surface area contributed by atoms with Gasteiger partial charge >= 0.3 is 6.09 Å². The maximum absolute atomic E-state index is 12.6. The summed E-state index contributed by atoms with van der Waals surface area (Å²) >= 11 is 0. The smallest absolute Gasteiger partial charge is 0.428 e. The average Bonchev–Trinajstić information content (AvgIpc) is 2.64. The molecule has 0 aromatic rings. The third-order valence-corrected chi connectivity index (χ3v) is 3.98. The molecule has 0 unspecified atom stereocenters. The van der Waals surface area contributed by atoms with Crippen molar-refractivity contribution in [3.63, 3.8) is 0 Å². The lowest BCUT2D eigenvalue weighted by molar-refractivity contribution is -0.132. The van der Waals surface area contributed by atoms with E-state index < -0.39 is 24.1 Å². The van der Waals surface area contributed by atoms with Gasteiger partial charge in [0.05, 0.1) is 12.6 Å². The van der Waals surface area contributed by atoms with E-state index in [-0.39, 0.29) is 12.5 Å². The zero-order valence-corrected chi connectivity index (χ0v) is 17.0. The number of nitrogens with one attached hydrogen (secondary N) is 2. The molecule has 9 heteroatoms. The third-order valence-electron chi connectivity index (χ3n) is 3.98. The van der Waals surface area contributed by atoms with E-state index in [0.29, 0.717) is 32.4 Å². The van der Waals surface area contributed by atoms with Crippen LogP contribution in [0, 0.1) is 0 Å². The molecule has 27 heavy (non-hydrogen) atoms. The second-order valence-corrected chi connectivity index (χ2v) is 6.42. The molecule has 0 rings (SSSR count). The number of hydrogen-bond donors (Lipinski definition) is 4. The Kier molecular flexibility index (Phi) is 14.2. The third kappa shape index (κ3) is 10.8. The van der Waals surface area contributed by atoms with Crippen LogP contribution >= 0.6 is 0 Å². The molecule has 0 saturated carbocycles. The van der Waals surface area contributed by atoms with Crippen LogP contribution in [-0.2, 0) is 14.3 Å². The minimum atomic E-state index is -0.762. The summed E-state index contributed by atoms with van der Waals surface area (Å²) < 4.78 is 4.97. The van der Waals surface area contributed by atoms with E-state index in [0.717, 1.165) is 30.7 Å². The first kappa shape index (κ1) is 25.1. The van der Waals surface area contributed by atoms with Crippen LogP contribution in [0.5, 0.6) is 0 Å². The molecule has 9 nitrogen and oxygen atoms in total. The number of unbranched alkanes of at least 4 members (excludes halogenated alkanes) is 2. The summed E-state index contributed by atoms with van der Waals surface area (Å²) in [7, 11) is 0. The van der Waals surface area contributed by atoms with Crippen molar-refractivity contribution in [2.75, 3.05) is 19.7 Å². The van der Waals surface area contributed by atoms with Crippen LogP contribution in [0.4, 0.5) is 4.79 Å². The number of carbonyl (C=O) groups is 3. The standard InChI is InChI=1S/C18H37N5O4/c1-4-7-13-23(18(26)27-6-3)22-17(25)15(10-5-2)21-16(24)14(20)11-8-9-12-19/h14-15H,4-13,19-20H2,1-3H3,(H,21,24)(H,22,25)/t14-,15-/m0/s1. The number of hydrogen-bond acceptors (Lipinski definition) is 6. The molecule has 0 aliphatic carbocycles. The van der Waals surface area contributed by atoms with Gasteiger partial charge in [-0.05, 0) is 39.2 Å². The van der Waals surface area contributed by atoms with E-state index >= 15 is 0 Å². The highest BCUT2D eigenvalue weighted by Gasteiger charge is 2.26. The lowest BCUT2D eigenvalue weighted by atomic mass is 10.1. The number of nitrogens with zero attached hydrogens (tertiary/aromatic N) is 1. The molecule has 158 valence electrons. The summed E-state index contributed by atoms with van der Waals surface area (Å²) in [6.07, 6.45) is 4.16. The first-order valence-electron chi connectivity index (χ1n) is 9.91. The quantitative estimate of drug-likeness (QED) is 0.275. The highest BCUT2D eigenvalue weighted by atomic mass is 16.6. The summed E-state index contributed by atoms with van der Waals surface area (Å²) in [5, 5.41) is 3.85. The molecule has 0 radical (unpaired) electrons. The van der Waals surface area contributed by atoms with Crippen LogP contribution in [0.2, 0.25) is 0 Å². The van der Waals surface area contributed by atoms with Crippen LogP contribution < -0.4 is 22.2 Å². The molecule has 0 bridgehead atoms. The molecule has 0 aliphatic rings. The Morgan fingerprint density at radius 2 is 1.70 bits per heavy atom. The first-order chi connectivity index (χ1) is 12.9. The fourth-order valence-electron chi connectivity index (χ4n) is 2.40. The van der Waals surface area contributed by atoms with Crippen LogP contribution in [0.1, 0.15) is 65.7 Å². The van der Waals surface area contributed by atoms with Crippen molar-refractivity contribution in [3.8, 4) is 0 Å². The Labute approximate surface area is 162 Å². The lowest BCUT2D eigenvalue weighted by Gasteiger charge is -2.26. The minimum Gasteiger partial charge on any atom is -0.448 e. The first-order valence-corrected chi connectivity index (χ1v) is 9.91. The van der Waals surface area contributed by atoms with Crippen molar-refractivity contribution >= 4 is 17.9 Å². The highest BCUT2D eigenvalue weighted by molar-refractivity contribution is 5.90. The predicted octanol–water partition coefficient (Wildman–Crippen LogP) is 1.02. The van der Waals surface area contributed by atoms with E-state index in [4.69, 9.17) is 16.2 Å². The molecule has 0 aliphatic heterocycles. The zero-order valence-electron chi connectivity index (χ0n) is 17.0. The van der Waals surface area contributed by atoms with E-state index in [1.807, 2.05) is 13.8 Å². The van der Waals surface area contributed by atoms with Gasteiger partial charge in [0.15, 0.2) is 0 Å². The molecule has 3 amide bonds. The fourth-order valence-corrected chi connectivity index (χ4v) is 2.40. The molecular formula is C18H37N5O4. The summed E-state index contributed by atoms with van der Waals surface area (Å²) in [6.45, 7) is 6.70. The van der Waals surface area contributed by atoms with E-state index in [9.17, 15) is 14.4 Å². The SMILES string of the molecule is CCCCN(NC(=O)[C@H](CCC)NC(=O)[C@@H](N)CCCCN)C(=O)OCC. The number of carbonyl (C=O) groups excluding carboxylic acids is 3. The molecule has 2 atom stereocenters.